The van der Waals surface area contributed by atoms with Crippen LogP contribution in [0.25, 0.3) is 0 Å². The van der Waals surface area contributed by atoms with Crippen molar-refractivity contribution in [2.75, 3.05) is 0 Å². The number of benzene rings is 1. The Balaban J connectivity index is 2.10. The third-order valence-electron chi connectivity index (χ3n) is 2.30. The molecular weight excluding hydrogens is 234 g/mol. The van der Waals surface area contributed by atoms with E-state index >= 15 is 0 Å². The highest BCUT2D eigenvalue weighted by atomic mass is 32.2. The first-order valence-corrected chi connectivity index (χ1v) is 6.24. The number of carbonyl (C=O) groups is 1. The second kappa shape index (κ2) is 5.19. The highest BCUT2D eigenvalue weighted by molar-refractivity contribution is 7.99. The van der Waals surface area contributed by atoms with Crippen LogP contribution in [0, 0.1) is 6.92 Å². The van der Waals surface area contributed by atoms with Crippen molar-refractivity contribution in [3.05, 3.63) is 41.8 Å². The Morgan fingerprint density at radius 3 is 2.59 bits per heavy atom. The fourth-order valence-electron chi connectivity index (χ4n) is 1.39. The molecule has 0 aliphatic rings. The molecule has 0 bridgehead atoms. The van der Waals surface area contributed by atoms with Gasteiger partial charge in [0.2, 0.25) is 0 Å². The molecule has 0 unspecified atom stereocenters. The number of aromatic nitrogens is 1. The maximum Gasteiger partial charge on any atom is 0.260 e. The van der Waals surface area contributed by atoms with Crippen LogP contribution in [0.1, 0.15) is 29.4 Å². The van der Waals surface area contributed by atoms with Gasteiger partial charge in [-0.2, -0.15) is 0 Å². The molecular formula is C13H13NO2S. The number of hydrogen-bond acceptors (Lipinski definition) is 4. The van der Waals surface area contributed by atoms with E-state index in [9.17, 15) is 4.79 Å². The zero-order valence-electron chi connectivity index (χ0n) is 9.77. The lowest BCUT2D eigenvalue weighted by Gasteiger charge is -2.00. The van der Waals surface area contributed by atoms with Gasteiger partial charge in [-0.1, -0.05) is 19.1 Å². The molecule has 0 radical (unpaired) electrons. The van der Waals surface area contributed by atoms with E-state index in [0.29, 0.717) is 11.6 Å². The van der Waals surface area contributed by atoms with Crippen LogP contribution >= 0.6 is 11.8 Å². The van der Waals surface area contributed by atoms with Gasteiger partial charge in [-0.25, -0.2) is 4.98 Å². The molecule has 0 saturated carbocycles. The van der Waals surface area contributed by atoms with Gasteiger partial charge in [0.15, 0.2) is 5.78 Å². The maximum atomic E-state index is 11.4. The van der Waals surface area contributed by atoms with Crippen molar-refractivity contribution in [1.82, 2.24) is 4.98 Å². The topological polar surface area (TPSA) is 43.1 Å². The van der Waals surface area contributed by atoms with Crippen molar-refractivity contribution < 1.29 is 9.21 Å². The molecule has 1 aromatic heterocycles. The lowest BCUT2D eigenvalue weighted by Crippen LogP contribution is -1.95. The highest BCUT2D eigenvalue weighted by Gasteiger charge is 2.06. The van der Waals surface area contributed by atoms with Gasteiger partial charge in [-0.3, -0.25) is 4.79 Å². The van der Waals surface area contributed by atoms with Crippen LogP contribution in [0.2, 0.25) is 0 Å². The predicted octanol–water partition coefficient (Wildman–Crippen LogP) is 3.73. The first kappa shape index (κ1) is 11.9. The monoisotopic (exact) mass is 247 g/mol. The molecule has 0 aliphatic heterocycles. The highest BCUT2D eigenvalue weighted by Crippen LogP contribution is 2.27. The van der Waals surface area contributed by atoms with E-state index in [2.05, 4.69) is 4.98 Å². The van der Waals surface area contributed by atoms with Crippen molar-refractivity contribution >= 4 is 17.5 Å². The fourth-order valence-corrected chi connectivity index (χ4v) is 2.15. The third kappa shape index (κ3) is 2.97. The molecule has 0 aliphatic carbocycles. The number of carbonyl (C=O) groups excluding carboxylic acids is 1. The lowest BCUT2D eigenvalue weighted by molar-refractivity contribution is 0.0988. The van der Waals surface area contributed by atoms with Gasteiger partial charge in [-0.15, -0.1) is 0 Å². The van der Waals surface area contributed by atoms with Crippen molar-refractivity contribution in [3.63, 3.8) is 0 Å². The van der Waals surface area contributed by atoms with Gasteiger partial charge < -0.3 is 4.42 Å². The van der Waals surface area contributed by atoms with Crippen molar-refractivity contribution in [2.24, 2.45) is 0 Å². The molecule has 1 aromatic carbocycles. The Bertz CT molecular complexity index is 516. The van der Waals surface area contributed by atoms with E-state index in [-0.39, 0.29) is 5.78 Å². The summed E-state index contributed by atoms with van der Waals surface area (Å²) in [5, 5.41) is 0.622. The first-order chi connectivity index (χ1) is 8.19. The zero-order chi connectivity index (χ0) is 12.3. The van der Waals surface area contributed by atoms with E-state index in [1.807, 2.05) is 38.1 Å². The molecule has 4 heteroatoms. The number of aryl methyl sites for hydroxylation is 1. The maximum absolute atomic E-state index is 11.4. The summed E-state index contributed by atoms with van der Waals surface area (Å²) in [5.74, 6) is 0.161. The van der Waals surface area contributed by atoms with Crippen molar-refractivity contribution in [2.45, 2.75) is 30.4 Å². The molecule has 2 rings (SSSR count). The minimum atomic E-state index is 0.161. The summed E-state index contributed by atoms with van der Waals surface area (Å²) in [7, 11) is 0. The Labute approximate surface area is 104 Å². The van der Waals surface area contributed by atoms with Gasteiger partial charge in [0, 0.05) is 16.9 Å². The molecule has 0 atom stereocenters. The Morgan fingerprint density at radius 2 is 2.06 bits per heavy atom. The average molecular weight is 247 g/mol. The third-order valence-corrected chi connectivity index (χ3v) is 3.17. The molecule has 0 spiro atoms. The summed E-state index contributed by atoms with van der Waals surface area (Å²) in [6.45, 7) is 3.75. The van der Waals surface area contributed by atoms with Crippen LogP contribution in [0.15, 0.2) is 45.1 Å². The summed E-state index contributed by atoms with van der Waals surface area (Å²) >= 11 is 1.45. The quantitative estimate of drug-likeness (QED) is 0.772. The van der Waals surface area contributed by atoms with Crippen molar-refractivity contribution in [1.29, 1.82) is 0 Å². The second-order valence-corrected chi connectivity index (χ2v) is 4.68. The summed E-state index contributed by atoms with van der Waals surface area (Å²) < 4.78 is 5.25. The van der Waals surface area contributed by atoms with Gasteiger partial charge >= 0.3 is 0 Å². The Kier molecular flexibility index (Phi) is 3.64. The summed E-state index contributed by atoms with van der Waals surface area (Å²) in [6, 6.07) is 7.49. The number of ketones is 1. The van der Waals surface area contributed by atoms with Gasteiger partial charge in [0.1, 0.15) is 6.26 Å². The van der Waals surface area contributed by atoms with E-state index in [0.717, 1.165) is 16.2 Å². The van der Waals surface area contributed by atoms with E-state index in [1.54, 1.807) is 6.26 Å². The first-order valence-electron chi connectivity index (χ1n) is 5.42. The van der Waals surface area contributed by atoms with Crippen molar-refractivity contribution in [3.8, 4) is 0 Å². The lowest BCUT2D eigenvalue weighted by atomic mass is 10.1. The van der Waals surface area contributed by atoms with Gasteiger partial charge in [-0.05, 0) is 30.8 Å². The van der Waals surface area contributed by atoms with Crippen LogP contribution < -0.4 is 0 Å². The number of hydrogen-bond donors (Lipinski definition) is 0. The molecule has 17 heavy (non-hydrogen) atoms. The standard InChI is InChI=1S/C13H13NO2S/c1-3-12(15)10-4-6-11(7-5-10)17-13-14-9(2)8-16-13/h4-8H,3H2,1-2H3. The minimum absolute atomic E-state index is 0.161. The molecule has 2 aromatic rings. The fraction of sp³-hybridized carbons (Fsp3) is 0.231. The van der Waals surface area contributed by atoms with Crippen LogP contribution in [-0.2, 0) is 0 Å². The molecule has 3 nitrogen and oxygen atoms in total. The predicted molar refractivity (Wildman–Crippen MR) is 66.4 cm³/mol. The number of rotatable bonds is 4. The molecule has 1 heterocycles. The SMILES string of the molecule is CCC(=O)c1ccc(Sc2nc(C)co2)cc1. The minimum Gasteiger partial charge on any atom is -0.439 e. The average Bonchev–Trinajstić information content (AvgIpc) is 2.75. The number of oxazole rings is 1. The van der Waals surface area contributed by atoms with Crippen LogP contribution in [0.3, 0.4) is 0 Å². The number of nitrogens with zero attached hydrogens (tertiary/aromatic N) is 1. The van der Waals surface area contributed by atoms with Crippen LogP contribution in [-0.4, -0.2) is 10.8 Å². The van der Waals surface area contributed by atoms with E-state index in [1.165, 1.54) is 11.8 Å². The number of Topliss-reactive ketones (excluding diaryl/α,β-unsaturated/α-hetero) is 1. The normalized spacial score (nSPS) is 10.5. The van der Waals surface area contributed by atoms with Gasteiger partial charge in [0.25, 0.3) is 5.22 Å². The Morgan fingerprint density at radius 1 is 1.35 bits per heavy atom. The smallest absolute Gasteiger partial charge is 0.260 e. The second-order valence-electron chi connectivity index (χ2n) is 3.66. The van der Waals surface area contributed by atoms with E-state index in [4.69, 9.17) is 4.42 Å². The summed E-state index contributed by atoms with van der Waals surface area (Å²) in [5.41, 5.74) is 1.62. The zero-order valence-corrected chi connectivity index (χ0v) is 10.6. The molecule has 0 saturated heterocycles. The van der Waals surface area contributed by atoms with Crippen LogP contribution in [0.5, 0.6) is 0 Å². The Hall–Kier alpha value is -1.55. The van der Waals surface area contributed by atoms with Gasteiger partial charge in [0.05, 0.1) is 5.69 Å². The van der Waals surface area contributed by atoms with E-state index < -0.39 is 0 Å². The molecule has 0 amide bonds. The molecule has 88 valence electrons. The largest absolute Gasteiger partial charge is 0.439 e. The summed E-state index contributed by atoms with van der Waals surface area (Å²) in [4.78, 5) is 16.7. The summed E-state index contributed by atoms with van der Waals surface area (Å²) in [6.07, 6.45) is 2.16. The molecule has 0 N–H and O–H groups in total. The van der Waals surface area contributed by atoms with Crippen LogP contribution in [0.4, 0.5) is 0 Å². The molecule has 0 fully saturated rings.